The fraction of sp³-hybridized carbons (Fsp3) is 0.318. The largest absolute Gasteiger partial charge is 0.477 e. The standard InChI is InChI=1S/C22H25ClN2O2/c1-15(2)11-12-24-13-19-18-5-3-4-6-20(18)25(21(19)22(26)27)14-16-7-9-17(23)10-8-16/h3-10,15,24H,11-14H2,1-2H3,(H,26,27). The number of carbonyl (C=O) groups is 1. The second-order valence-corrected chi connectivity index (χ2v) is 7.66. The minimum absolute atomic E-state index is 0.350. The summed E-state index contributed by atoms with van der Waals surface area (Å²) in [4.78, 5) is 12.1. The molecular formula is C22H25ClN2O2. The van der Waals surface area contributed by atoms with Gasteiger partial charge in [-0.2, -0.15) is 0 Å². The number of hydrogen-bond acceptors (Lipinski definition) is 2. The lowest BCUT2D eigenvalue weighted by Crippen LogP contribution is -2.19. The van der Waals surface area contributed by atoms with E-state index in [1.54, 1.807) is 0 Å². The third-order valence-corrected chi connectivity index (χ3v) is 4.98. The third kappa shape index (κ3) is 4.52. The first-order chi connectivity index (χ1) is 13.0. The van der Waals surface area contributed by atoms with Crippen LogP contribution in [-0.4, -0.2) is 22.2 Å². The molecule has 2 aromatic carbocycles. The van der Waals surface area contributed by atoms with Crippen LogP contribution in [0.2, 0.25) is 5.02 Å². The Morgan fingerprint density at radius 2 is 1.85 bits per heavy atom. The number of carboxylic acids is 1. The van der Waals surface area contributed by atoms with Gasteiger partial charge in [-0.15, -0.1) is 0 Å². The van der Waals surface area contributed by atoms with Crippen molar-refractivity contribution in [3.63, 3.8) is 0 Å². The minimum Gasteiger partial charge on any atom is -0.477 e. The van der Waals surface area contributed by atoms with E-state index < -0.39 is 5.97 Å². The summed E-state index contributed by atoms with van der Waals surface area (Å²) in [5, 5.41) is 15.0. The Hall–Kier alpha value is -2.30. The van der Waals surface area contributed by atoms with Gasteiger partial charge in [0, 0.05) is 34.6 Å². The van der Waals surface area contributed by atoms with Gasteiger partial charge in [0.15, 0.2) is 0 Å². The molecule has 3 rings (SSSR count). The molecule has 5 heteroatoms. The first-order valence-corrected chi connectivity index (χ1v) is 9.63. The number of halogens is 1. The number of aromatic carboxylic acids is 1. The predicted molar refractivity (Wildman–Crippen MR) is 111 cm³/mol. The Bertz CT molecular complexity index is 929. The number of aromatic nitrogens is 1. The van der Waals surface area contributed by atoms with Crippen LogP contribution < -0.4 is 5.32 Å². The summed E-state index contributed by atoms with van der Waals surface area (Å²) in [6.07, 6.45) is 1.06. The topological polar surface area (TPSA) is 54.3 Å². The Morgan fingerprint density at radius 3 is 2.52 bits per heavy atom. The Balaban J connectivity index is 2.00. The monoisotopic (exact) mass is 384 g/mol. The molecule has 0 aliphatic rings. The van der Waals surface area contributed by atoms with E-state index in [-0.39, 0.29) is 0 Å². The molecule has 0 radical (unpaired) electrons. The number of benzene rings is 2. The van der Waals surface area contributed by atoms with Crippen LogP contribution in [0, 0.1) is 5.92 Å². The van der Waals surface area contributed by atoms with Crippen molar-refractivity contribution < 1.29 is 9.90 Å². The van der Waals surface area contributed by atoms with Gasteiger partial charge in [-0.3, -0.25) is 0 Å². The molecule has 2 N–H and O–H groups in total. The Labute approximate surface area is 164 Å². The molecule has 0 spiro atoms. The lowest BCUT2D eigenvalue weighted by Gasteiger charge is -2.10. The lowest BCUT2D eigenvalue weighted by molar-refractivity contribution is 0.0684. The van der Waals surface area contributed by atoms with Gasteiger partial charge in [-0.25, -0.2) is 4.79 Å². The van der Waals surface area contributed by atoms with Crippen molar-refractivity contribution in [2.75, 3.05) is 6.54 Å². The van der Waals surface area contributed by atoms with Gasteiger partial charge in [-0.05, 0) is 42.6 Å². The highest BCUT2D eigenvalue weighted by Crippen LogP contribution is 2.28. The molecule has 1 aromatic heterocycles. The molecule has 0 unspecified atom stereocenters. The van der Waals surface area contributed by atoms with Crippen LogP contribution in [0.5, 0.6) is 0 Å². The lowest BCUT2D eigenvalue weighted by atomic mass is 10.1. The minimum atomic E-state index is -0.902. The number of fused-ring (bicyclic) bond motifs is 1. The zero-order chi connectivity index (χ0) is 19.4. The van der Waals surface area contributed by atoms with Gasteiger partial charge in [0.25, 0.3) is 0 Å². The number of hydrogen-bond donors (Lipinski definition) is 2. The third-order valence-electron chi connectivity index (χ3n) is 4.73. The van der Waals surface area contributed by atoms with Crippen molar-refractivity contribution in [1.29, 1.82) is 0 Å². The summed E-state index contributed by atoms with van der Waals surface area (Å²) in [6.45, 7) is 6.27. The van der Waals surface area contributed by atoms with E-state index in [2.05, 4.69) is 19.2 Å². The number of para-hydroxylation sites is 1. The number of rotatable bonds is 8. The Kier molecular flexibility index (Phi) is 6.19. The number of carboxylic acid groups (broad SMARTS) is 1. The zero-order valence-electron chi connectivity index (χ0n) is 15.7. The van der Waals surface area contributed by atoms with E-state index in [1.807, 2.05) is 53.1 Å². The van der Waals surface area contributed by atoms with E-state index in [9.17, 15) is 9.90 Å². The maximum absolute atomic E-state index is 12.1. The number of nitrogens with one attached hydrogen (secondary N) is 1. The van der Waals surface area contributed by atoms with E-state index in [1.165, 1.54) is 0 Å². The average Bonchev–Trinajstić information content (AvgIpc) is 2.94. The molecule has 142 valence electrons. The van der Waals surface area contributed by atoms with Crippen LogP contribution in [0.3, 0.4) is 0 Å². The van der Waals surface area contributed by atoms with Gasteiger partial charge >= 0.3 is 5.97 Å². The van der Waals surface area contributed by atoms with Crippen molar-refractivity contribution in [3.8, 4) is 0 Å². The van der Waals surface area contributed by atoms with Crippen LogP contribution in [-0.2, 0) is 13.1 Å². The van der Waals surface area contributed by atoms with Gasteiger partial charge < -0.3 is 15.0 Å². The molecule has 0 aliphatic carbocycles. The average molecular weight is 385 g/mol. The molecule has 0 atom stereocenters. The molecule has 4 nitrogen and oxygen atoms in total. The van der Waals surface area contributed by atoms with E-state index in [0.29, 0.717) is 29.7 Å². The molecular weight excluding hydrogens is 360 g/mol. The van der Waals surface area contributed by atoms with Gasteiger partial charge in [0.1, 0.15) is 5.69 Å². The van der Waals surface area contributed by atoms with Gasteiger partial charge in [0.2, 0.25) is 0 Å². The summed E-state index contributed by atoms with van der Waals surface area (Å²) >= 11 is 5.98. The molecule has 27 heavy (non-hydrogen) atoms. The SMILES string of the molecule is CC(C)CCNCc1c(C(=O)O)n(Cc2ccc(Cl)cc2)c2ccccc12. The number of nitrogens with zero attached hydrogens (tertiary/aromatic N) is 1. The van der Waals surface area contributed by atoms with Crippen molar-refractivity contribution in [3.05, 3.63) is 70.4 Å². The van der Waals surface area contributed by atoms with E-state index >= 15 is 0 Å². The van der Waals surface area contributed by atoms with Crippen LogP contribution in [0.25, 0.3) is 10.9 Å². The quantitative estimate of drug-likeness (QED) is 0.526. The van der Waals surface area contributed by atoms with Crippen molar-refractivity contribution in [2.45, 2.75) is 33.4 Å². The first kappa shape index (κ1) is 19.5. The van der Waals surface area contributed by atoms with Crippen LogP contribution in [0.1, 0.15) is 41.9 Å². The normalized spacial score (nSPS) is 11.4. The van der Waals surface area contributed by atoms with Crippen LogP contribution in [0.4, 0.5) is 0 Å². The first-order valence-electron chi connectivity index (χ1n) is 9.26. The van der Waals surface area contributed by atoms with Crippen molar-refractivity contribution in [1.82, 2.24) is 9.88 Å². The maximum atomic E-state index is 12.1. The molecule has 3 aromatic rings. The maximum Gasteiger partial charge on any atom is 0.352 e. The predicted octanol–water partition coefficient (Wildman–Crippen LogP) is 5.18. The second-order valence-electron chi connectivity index (χ2n) is 7.22. The van der Waals surface area contributed by atoms with E-state index in [4.69, 9.17) is 11.6 Å². The summed E-state index contributed by atoms with van der Waals surface area (Å²) in [7, 11) is 0. The van der Waals surface area contributed by atoms with Gasteiger partial charge in [-0.1, -0.05) is 55.8 Å². The van der Waals surface area contributed by atoms with Gasteiger partial charge in [0.05, 0.1) is 0 Å². The highest BCUT2D eigenvalue weighted by atomic mass is 35.5. The molecule has 0 fully saturated rings. The molecule has 0 amide bonds. The highest BCUT2D eigenvalue weighted by Gasteiger charge is 2.22. The molecule has 0 bridgehead atoms. The second kappa shape index (κ2) is 8.59. The molecule has 0 saturated carbocycles. The zero-order valence-corrected chi connectivity index (χ0v) is 16.5. The van der Waals surface area contributed by atoms with Crippen LogP contribution >= 0.6 is 11.6 Å². The summed E-state index contributed by atoms with van der Waals surface area (Å²) in [5.41, 5.74) is 3.14. The summed E-state index contributed by atoms with van der Waals surface area (Å²) in [5.74, 6) is -0.288. The molecule has 0 saturated heterocycles. The van der Waals surface area contributed by atoms with Crippen molar-refractivity contribution >= 4 is 28.5 Å². The smallest absolute Gasteiger partial charge is 0.352 e. The molecule has 1 heterocycles. The van der Waals surface area contributed by atoms with Crippen molar-refractivity contribution in [2.24, 2.45) is 5.92 Å². The van der Waals surface area contributed by atoms with E-state index in [0.717, 1.165) is 35.0 Å². The Morgan fingerprint density at radius 1 is 1.15 bits per heavy atom. The van der Waals surface area contributed by atoms with Crippen LogP contribution in [0.15, 0.2) is 48.5 Å². The summed E-state index contributed by atoms with van der Waals surface area (Å²) in [6, 6.07) is 15.4. The molecule has 0 aliphatic heterocycles. The fourth-order valence-electron chi connectivity index (χ4n) is 3.34. The fourth-order valence-corrected chi connectivity index (χ4v) is 3.47. The highest BCUT2D eigenvalue weighted by molar-refractivity contribution is 6.30. The summed E-state index contributed by atoms with van der Waals surface area (Å²) < 4.78 is 1.89.